The Morgan fingerprint density at radius 3 is 2.84 bits per heavy atom. The van der Waals surface area contributed by atoms with Crippen LogP contribution < -0.4 is 11.1 Å². The standard InChI is InChI=1S/C13H17N3O3/c14-12(17)11-4-3-10(8-15-11)16-13(18)9-2-1-6-19-7-5-9/h3-4,8-9H,1-2,5-7H2,(H2,14,17)(H,16,18). The van der Waals surface area contributed by atoms with Crippen LogP contribution in [-0.4, -0.2) is 30.0 Å². The van der Waals surface area contributed by atoms with Gasteiger partial charge in [0.25, 0.3) is 5.91 Å². The molecule has 1 atom stereocenters. The highest BCUT2D eigenvalue weighted by molar-refractivity contribution is 5.94. The number of hydrogen-bond donors (Lipinski definition) is 2. The Hall–Kier alpha value is -1.95. The lowest BCUT2D eigenvalue weighted by Gasteiger charge is -2.13. The zero-order valence-electron chi connectivity index (χ0n) is 10.6. The van der Waals surface area contributed by atoms with E-state index in [1.54, 1.807) is 6.07 Å². The summed E-state index contributed by atoms with van der Waals surface area (Å²) in [6, 6.07) is 3.12. The van der Waals surface area contributed by atoms with E-state index in [4.69, 9.17) is 10.5 Å². The average Bonchev–Trinajstić information content (AvgIpc) is 2.68. The van der Waals surface area contributed by atoms with E-state index in [1.165, 1.54) is 12.3 Å². The second-order valence-corrected chi connectivity index (χ2v) is 4.53. The first-order valence-electron chi connectivity index (χ1n) is 6.31. The number of amides is 2. The predicted molar refractivity (Wildman–Crippen MR) is 69.5 cm³/mol. The molecule has 2 heterocycles. The van der Waals surface area contributed by atoms with Gasteiger partial charge in [0.15, 0.2) is 0 Å². The van der Waals surface area contributed by atoms with Crippen LogP contribution in [0.1, 0.15) is 29.8 Å². The van der Waals surface area contributed by atoms with Crippen molar-refractivity contribution in [2.75, 3.05) is 18.5 Å². The lowest BCUT2D eigenvalue weighted by Crippen LogP contribution is -2.23. The first-order valence-corrected chi connectivity index (χ1v) is 6.31. The first kappa shape index (κ1) is 13.5. The third-order valence-electron chi connectivity index (χ3n) is 3.11. The van der Waals surface area contributed by atoms with Gasteiger partial charge in [0, 0.05) is 19.1 Å². The molecule has 0 aromatic carbocycles. The van der Waals surface area contributed by atoms with Gasteiger partial charge in [-0.25, -0.2) is 4.98 Å². The van der Waals surface area contributed by atoms with Crippen molar-refractivity contribution in [1.29, 1.82) is 0 Å². The number of hydrogen-bond acceptors (Lipinski definition) is 4. The van der Waals surface area contributed by atoms with E-state index in [2.05, 4.69) is 10.3 Å². The number of aromatic nitrogens is 1. The van der Waals surface area contributed by atoms with E-state index < -0.39 is 5.91 Å². The molecule has 1 aromatic heterocycles. The van der Waals surface area contributed by atoms with Crippen LogP contribution in [0.3, 0.4) is 0 Å². The van der Waals surface area contributed by atoms with Crippen LogP contribution in [0, 0.1) is 5.92 Å². The van der Waals surface area contributed by atoms with Crippen LogP contribution in [0.4, 0.5) is 5.69 Å². The highest BCUT2D eigenvalue weighted by Gasteiger charge is 2.20. The molecular formula is C13H17N3O3. The van der Waals surface area contributed by atoms with E-state index in [-0.39, 0.29) is 17.5 Å². The first-order chi connectivity index (χ1) is 9.16. The molecule has 2 amide bonds. The van der Waals surface area contributed by atoms with Crippen molar-refractivity contribution in [2.45, 2.75) is 19.3 Å². The average molecular weight is 263 g/mol. The summed E-state index contributed by atoms with van der Waals surface area (Å²) in [4.78, 5) is 26.8. The lowest BCUT2D eigenvalue weighted by atomic mass is 10.00. The van der Waals surface area contributed by atoms with Crippen LogP contribution in [0.5, 0.6) is 0 Å². The zero-order chi connectivity index (χ0) is 13.7. The number of anilines is 1. The monoisotopic (exact) mass is 263 g/mol. The van der Waals surface area contributed by atoms with E-state index in [9.17, 15) is 9.59 Å². The van der Waals surface area contributed by atoms with Crippen molar-refractivity contribution in [3.8, 4) is 0 Å². The summed E-state index contributed by atoms with van der Waals surface area (Å²) < 4.78 is 5.32. The summed E-state index contributed by atoms with van der Waals surface area (Å²) in [5, 5.41) is 2.80. The van der Waals surface area contributed by atoms with E-state index in [1.807, 2.05) is 0 Å². The fraction of sp³-hybridized carbons (Fsp3) is 0.462. The topological polar surface area (TPSA) is 94.3 Å². The second-order valence-electron chi connectivity index (χ2n) is 4.53. The molecule has 0 aliphatic carbocycles. The minimum atomic E-state index is -0.584. The lowest BCUT2D eigenvalue weighted by molar-refractivity contribution is -0.120. The molecule has 1 aromatic rings. The number of nitrogens with zero attached hydrogens (tertiary/aromatic N) is 1. The molecule has 6 nitrogen and oxygen atoms in total. The van der Waals surface area contributed by atoms with Crippen molar-refractivity contribution in [3.05, 3.63) is 24.0 Å². The van der Waals surface area contributed by atoms with Gasteiger partial charge in [0.05, 0.1) is 11.9 Å². The second kappa shape index (κ2) is 6.29. The van der Waals surface area contributed by atoms with Crippen LogP contribution in [-0.2, 0) is 9.53 Å². The van der Waals surface area contributed by atoms with Gasteiger partial charge in [-0.15, -0.1) is 0 Å². The van der Waals surface area contributed by atoms with Crippen LogP contribution in [0.2, 0.25) is 0 Å². The molecule has 1 fully saturated rings. The van der Waals surface area contributed by atoms with Gasteiger partial charge >= 0.3 is 0 Å². The third-order valence-corrected chi connectivity index (χ3v) is 3.11. The fourth-order valence-corrected chi connectivity index (χ4v) is 2.02. The molecule has 2 rings (SSSR count). The number of carbonyl (C=O) groups excluding carboxylic acids is 2. The van der Waals surface area contributed by atoms with E-state index in [0.717, 1.165) is 25.9 Å². The molecule has 0 radical (unpaired) electrons. The summed E-state index contributed by atoms with van der Waals surface area (Å²) in [7, 11) is 0. The van der Waals surface area contributed by atoms with Crippen molar-refractivity contribution < 1.29 is 14.3 Å². The Morgan fingerprint density at radius 1 is 1.32 bits per heavy atom. The summed E-state index contributed by atoms with van der Waals surface area (Å²) in [5.74, 6) is -0.642. The maximum atomic E-state index is 12.1. The largest absolute Gasteiger partial charge is 0.381 e. The Labute approximate surface area is 111 Å². The molecule has 19 heavy (non-hydrogen) atoms. The number of ether oxygens (including phenoxy) is 1. The SMILES string of the molecule is NC(=O)c1ccc(NC(=O)C2CCCOCC2)cn1. The van der Waals surface area contributed by atoms with Crippen LogP contribution >= 0.6 is 0 Å². The van der Waals surface area contributed by atoms with Crippen molar-refractivity contribution in [2.24, 2.45) is 11.7 Å². The number of primary amides is 1. The predicted octanol–water partition coefficient (Wildman–Crippen LogP) is 0.936. The number of nitrogens with one attached hydrogen (secondary N) is 1. The Balaban J connectivity index is 1.95. The van der Waals surface area contributed by atoms with Crippen LogP contribution in [0.25, 0.3) is 0 Å². The number of carbonyl (C=O) groups is 2. The normalized spacial score (nSPS) is 19.5. The molecule has 1 aliphatic rings. The Morgan fingerprint density at radius 2 is 2.16 bits per heavy atom. The van der Waals surface area contributed by atoms with Gasteiger partial charge in [-0.2, -0.15) is 0 Å². The van der Waals surface area contributed by atoms with Gasteiger partial charge < -0.3 is 15.8 Å². The smallest absolute Gasteiger partial charge is 0.267 e. The van der Waals surface area contributed by atoms with Crippen LogP contribution in [0.15, 0.2) is 18.3 Å². The molecule has 6 heteroatoms. The van der Waals surface area contributed by atoms with E-state index >= 15 is 0 Å². The fourth-order valence-electron chi connectivity index (χ4n) is 2.02. The number of nitrogens with two attached hydrogens (primary N) is 1. The molecule has 102 valence electrons. The third kappa shape index (κ3) is 3.75. The van der Waals surface area contributed by atoms with Crippen molar-refractivity contribution >= 4 is 17.5 Å². The quantitative estimate of drug-likeness (QED) is 0.848. The summed E-state index contributed by atoms with van der Waals surface area (Å²) in [6.45, 7) is 1.34. The molecular weight excluding hydrogens is 246 g/mol. The number of rotatable bonds is 3. The molecule has 0 spiro atoms. The molecule has 0 saturated carbocycles. The Bertz CT molecular complexity index is 451. The molecule has 1 unspecified atom stereocenters. The molecule has 1 aliphatic heterocycles. The maximum absolute atomic E-state index is 12.1. The maximum Gasteiger partial charge on any atom is 0.267 e. The van der Waals surface area contributed by atoms with Gasteiger partial charge in [-0.1, -0.05) is 0 Å². The zero-order valence-corrected chi connectivity index (χ0v) is 10.6. The minimum Gasteiger partial charge on any atom is -0.381 e. The van der Waals surface area contributed by atoms with Gasteiger partial charge in [0.2, 0.25) is 5.91 Å². The van der Waals surface area contributed by atoms with Crippen molar-refractivity contribution in [3.63, 3.8) is 0 Å². The molecule has 3 N–H and O–H groups in total. The minimum absolute atomic E-state index is 0.0286. The summed E-state index contributed by atoms with van der Waals surface area (Å²) in [6.07, 6.45) is 3.90. The molecule has 1 saturated heterocycles. The van der Waals surface area contributed by atoms with Gasteiger partial charge in [-0.05, 0) is 31.4 Å². The van der Waals surface area contributed by atoms with E-state index in [0.29, 0.717) is 12.3 Å². The van der Waals surface area contributed by atoms with Gasteiger partial charge in [0.1, 0.15) is 5.69 Å². The highest BCUT2D eigenvalue weighted by Crippen LogP contribution is 2.18. The van der Waals surface area contributed by atoms with Crippen molar-refractivity contribution in [1.82, 2.24) is 4.98 Å². The summed E-state index contributed by atoms with van der Waals surface area (Å²) in [5.41, 5.74) is 5.85. The highest BCUT2D eigenvalue weighted by atomic mass is 16.5. The number of pyridine rings is 1. The Kier molecular flexibility index (Phi) is 4.46. The molecule has 0 bridgehead atoms. The summed E-state index contributed by atoms with van der Waals surface area (Å²) >= 11 is 0. The van der Waals surface area contributed by atoms with Gasteiger partial charge in [-0.3, -0.25) is 9.59 Å².